The fourth-order valence-electron chi connectivity index (χ4n) is 6.03. The quantitative estimate of drug-likeness (QED) is 0.177. The monoisotopic (exact) mass is 437 g/mol. The fourth-order valence-corrected chi connectivity index (χ4v) is 6.03. The van der Waals surface area contributed by atoms with Crippen LogP contribution in [0.4, 0.5) is 0 Å². The molecular formula is C31H21N2O+. The van der Waals surface area contributed by atoms with Crippen LogP contribution in [0.5, 0.6) is 0 Å². The predicted octanol–water partition coefficient (Wildman–Crippen LogP) is 7.58. The number of rotatable bonds is 0. The van der Waals surface area contributed by atoms with Crippen LogP contribution >= 0.6 is 0 Å². The third-order valence-electron chi connectivity index (χ3n) is 7.53. The zero-order valence-corrected chi connectivity index (χ0v) is 19.0. The van der Waals surface area contributed by atoms with Crippen LogP contribution in [0, 0.1) is 6.92 Å². The van der Waals surface area contributed by atoms with Crippen LogP contribution in [0.25, 0.3) is 71.1 Å². The van der Waals surface area contributed by atoms with Crippen molar-refractivity contribution < 1.29 is 8.98 Å². The third-order valence-corrected chi connectivity index (χ3v) is 7.53. The average Bonchev–Trinajstić information content (AvgIpc) is 3.40. The van der Waals surface area contributed by atoms with Crippen molar-refractivity contribution in [1.82, 2.24) is 4.40 Å². The minimum Gasteiger partial charge on any atom is -0.455 e. The molecule has 0 radical (unpaired) electrons. The van der Waals surface area contributed by atoms with E-state index in [2.05, 4.69) is 114 Å². The largest absolute Gasteiger partial charge is 0.455 e. The van der Waals surface area contributed by atoms with Gasteiger partial charge in [-0.15, -0.1) is 0 Å². The number of hydrogen-bond acceptors (Lipinski definition) is 1. The van der Waals surface area contributed by atoms with Crippen LogP contribution in [0.2, 0.25) is 0 Å². The van der Waals surface area contributed by atoms with Crippen LogP contribution in [0.1, 0.15) is 5.56 Å². The second-order valence-corrected chi connectivity index (χ2v) is 9.30. The Morgan fingerprint density at radius 1 is 0.676 bits per heavy atom. The van der Waals surface area contributed by atoms with Crippen molar-refractivity contribution in [2.24, 2.45) is 7.05 Å². The molecule has 0 fully saturated rings. The molecule has 0 unspecified atom stereocenters. The van der Waals surface area contributed by atoms with Crippen LogP contribution < -0.4 is 4.57 Å². The molecule has 0 amide bonds. The molecule has 8 aromatic rings. The molecular weight excluding hydrogens is 416 g/mol. The molecule has 0 atom stereocenters. The second kappa shape index (κ2) is 6.15. The molecule has 0 spiro atoms. The Morgan fingerprint density at radius 2 is 1.47 bits per heavy atom. The molecule has 3 heteroatoms. The van der Waals surface area contributed by atoms with E-state index in [1.807, 2.05) is 0 Å². The van der Waals surface area contributed by atoms with E-state index in [0.29, 0.717) is 0 Å². The Bertz CT molecular complexity index is 2140. The summed E-state index contributed by atoms with van der Waals surface area (Å²) in [4.78, 5) is 0. The average molecular weight is 438 g/mol. The lowest BCUT2D eigenvalue weighted by Crippen LogP contribution is -2.27. The van der Waals surface area contributed by atoms with Gasteiger partial charge in [-0.25, -0.2) is 4.57 Å². The number of aryl methyl sites for hydroxylation is 2. The Balaban J connectivity index is 1.75. The topological polar surface area (TPSA) is 21.4 Å². The van der Waals surface area contributed by atoms with Crippen molar-refractivity contribution in [3.05, 3.63) is 96.6 Å². The van der Waals surface area contributed by atoms with Crippen molar-refractivity contribution in [2.45, 2.75) is 6.92 Å². The molecule has 0 aliphatic heterocycles. The van der Waals surface area contributed by atoms with Gasteiger partial charge in [0.2, 0.25) is 0 Å². The lowest BCUT2D eigenvalue weighted by Gasteiger charge is -2.07. The summed E-state index contributed by atoms with van der Waals surface area (Å²) < 4.78 is 11.3. The van der Waals surface area contributed by atoms with Crippen molar-refractivity contribution in [3.8, 4) is 0 Å². The van der Waals surface area contributed by atoms with Gasteiger partial charge in [0, 0.05) is 21.5 Å². The molecule has 3 heterocycles. The number of benzene rings is 5. The van der Waals surface area contributed by atoms with E-state index < -0.39 is 0 Å². The van der Waals surface area contributed by atoms with Crippen molar-refractivity contribution >= 4 is 71.1 Å². The van der Waals surface area contributed by atoms with E-state index in [1.54, 1.807) is 0 Å². The van der Waals surface area contributed by atoms with Gasteiger partial charge in [0.1, 0.15) is 16.7 Å². The minimum absolute atomic E-state index is 0.924. The van der Waals surface area contributed by atoms with Gasteiger partial charge < -0.3 is 4.42 Å². The molecule has 8 rings (SSSR count). The zero-order chi connectivity index (χ0) is 22.6. The smallest absolute Gasteiger partial charge is 0.295 e. The summed E-state index contributed by atoms with van der Waals surface area (Å²) in [5, 5.41) is 8.54. The standard InChI is InChI=1S/C31H21N2O/c1-18-8-7-12-22-21-11-5-6-13-24(21)33-29-25(32(2)31(33)27(18)22)16-17-26-28(29)23-15-14-19-9-3-4-10-20(19)30(23)34-26/h3-17H,1-2H3/q+1. The number of furan rings is 1. The summed E-state index contributed by atoms with van der Waals surface area (Å²) >= 11 is 0. The molecule has 34 heavy (non-hydrogen) atoms. The van der Waals surface area contributed by atoms with Crippen molar-refractivity contribution in [1.29, 1.82) is 0 Å². The van der Waals surface area contributed by atoms with E-state index in [0.717, 1.165) is 21.9 Å². The number of nitrogens with zero attached hydrogens (tertiary/aromatic N) is 2. The van der Waals surface area contributed by atoms with Gasteiger partial charge in [-0.05, 0) is 42.1 Å². The van der Waals surface area contributed by atoms with Gasteiger partial charge in [0.15, 0.2) is 11.0 Å². The van der Waals surface area contributed by atoms with Crippen molar-refractivity contribution in [2.75, 3.05) is 0 Å². The maximum atomic E-state index is 6.53. The van der Waals surface area contributed by atoms with E-state index in [-0.39, 0.29) is 0 Å². The molecule has 3 nitrogen and oxygen atoms in total. The second-order valence-electron chi connectivity index (χ2n) is 9.30. The first kappa shape index (κ1) is 18.1. The molecule has 0 saturated carbocycles. The number of hydrogen-bond donors (Lipinski definition) is 0. The summed E-state index contributed by atoms with van der Waals surface area (Å²) in [5.74, 6) is 0. The van der Waals surface area contributed by atoms with Gasteiger partial charge in [0.25, 0.3) is 5.65 Å². The van der Waals surface area contributed by atoms with Gasteiger partial charge in [-0.2, -0.15) is 4.40 Å². The number of para-hydroxylation sites is 1. The van der Waals surface area contributed by atoms with Gasteiger partial charge in [-0.3, -0.25) is 0 Å². The number of aromatic nitrogens is 2. The Kier molecular flexibility index (Phi) is 3.27. The molecule has 0 aliphatic carbocycles. The first-order chi connectivity index (χ1) is 16.7. The molecule has 3 aromatic heterocycles. The van der Waals surface area contributed by atoms with Gasteiger partial charge in [0.05, 0.1) is 17.8 Å². The summed E-state index contributed by atoms with van der Waals surface area (Å²) in [7, 11) is 2.18. The number of fused-ring (bicyclic) bond motifs is 14. The van der Waals surface area contributed by atoms with Gasteiger partial charge >= 0.3 is 0 Å². The lowest BCUT2D eigenvalue weighted by atomic mass is 10.0. The summed E-state index contributed by atoms with van der Waals surface area (Å²) in [6.07, 6.45) is 0. The predicted molar refractivity (Wildman–Crippen MR) is 141 cm³/mol. The SMILES string of the molecule is Cc1cccc2c3ccccc3n3c4c5c(ccc4[n+](C)c3c12)oc1c2ccccc2ccc15. The van der Waals surface area contributed by atoms with Crippen LogP contribution in [0.15, 0.2) is 95.4 Å². The summed E-state index contributed by atoms with van der Waals surface area (Å²) in [6.45, 7) is 2.21. The highest BCUT2D eigenvalue weighted by atomic mass is 16.3. The van der Waals surface area contributed by atoms with Crippen LogP contribution in [-0.4, -0.2) is 4.40 Å². The maximum Gasteiger partial charge on any atom is 0.295 e. The molecule has 0 bridgehead atoms. The Morgan fingerprint density at radius 3 is 2.38 bits per heavy atom. The first-order valence-electron chi connectivity index (χ1n) is 11.7. The zero-order valence-electron chi connectivity index (χ0n) is 19.0. The normalized spacial score (nSPS) is 12.4. The number of imidazole rings is 1. The lowest BCUT2D eigenvalue weighted by molar-refractivity contribution is -0.617. The first-order valence-corrected chi connectivity index (χ1v) is 11.7. The summed E-state index contributed by atoms with van der Waals surface area (Å²) in [5.41, 5.74) is 7.99. The third kappa shape index (κ3) is 2.06. The molecule has 160 valence electrons. The van der Waals surface area contributed by atoms with Crippen LogP contribution in [0.3, 0.4) is 0 Å². The highest BCUT2D eigenvalue weighted by molar-refractivity contribution is 6.23. The molecule has 0 N–H and O–H groups in total. The van der Waals surface area contributed by atoms with Crippen molar-refractivity contribution in [3.63, 3.8) is 0 Å². The highest BCUT2D eigenvalue weighted by Crippen LogP contribution is 2.40. The Hall–Kier alpha value is -4.37. The summed E-state index contributed by atoms with van der Waals surface area (Å²) in [6, 6.07) is 32.6. The van der Waals surface area contributed by atoms with E-state index >= 15 is 0 Å². The maximum absolute atomic E-state index is 6.53. The van der Waals surface area contributed by atoms with E-state index in [9.17, 15) is 0 Å². The van der Waals surface area contributed by atoms with E-state index in [1.165, 1.54) is 54.7 Å². The minimum atomic E-state index is 0.924. The molecule has 5 aromatic carbocycles. The molecule has 0 aliphatic rings. The molecule has 0 saturated heterocycles. The van der Waals surface area contributed by atoms with Crippen LogP contribution in [-0.2, 0) is 7.05 Å². The highest BCUT2D eigenvalue weighted by Gasteiger charge is 2.27. The van der Waals surface area contributed by atoms with Gasteiger partial charge in [-0.1, -0.05) is 66.7 Å². The number of pyridine rings is 1. The van der Waals surface area contributed by atoms with E-state index in [4.69, 9.17) is 4.42 Å². The fraction of sp³-hybridized carbons (Fsp3) is 0.0645. The Labute approximate surface area is 195 Å².